The molecule has 0 radical (unpaired) electrons. The Morgan fingerprint density at radius 1 is 1.25 bits per heavy atom. The highest BCUT2D eigenvalue weighted by atomic mass is 32.2. The Balaban J connectivity index is 1.81. The van der Waals surface area contributed by atoms with Crippen LogP contribution < -0.4 is 10.1 Å². The van der Waals surface area contributed by atoms with Crippen molar-refractivity contribution in [1.29, 1.82) is 0 Å². The molecule has 0 fully saturated rings. The van der Waals surface area contributed by atoms with E-state index in [0.29, 0.717) is 30.7 Å². The van der Waals surface area contributed by atoms with Crippen LogP contribution in [0.4, 0.5) is 0 Å². The smallest absolute Gasteiger partial charge is 0.230 e. The molecule has 9 heteroatoms. The number of hydrogen-bond acceptors (Lipinski definition) is 7. The number of carbonyl (C=O) groups is 1. The van der Waals surface area contributed by atoms with Gasteiger partial charge in [0.2, 0.25) is 5.91 Å². The van der Waals surface area contributed by atoms with E-state index in [1.165, 1.54) is 11.8 Å². The van der Waals surface area contributed by atoms with Crippen LogP contribution in [0, 0.1) is 0 Å². The molecule has 0 unspecified atom stereocenters. The number of amides is 1. The summed E-state index contributed by atoms with van der Waals surface area (Å²) in [5.74, 6) is 2.33. The Hall–Kier alpha value is -2.78. The van der Waals surface area contributed by atoms with Crippen LogP contribution in [0.5, 0.6) is 5.75 Å². The Morgan fingerprint density at radius 3 is 2.89 bits per heavy atom. The summed E-state index contributed by atoms with van der Waals surface area (Å²) in [4.78, 5) is 12.0. The van der Waals surface area contributed by atoms with E-state index in [4.69, 9.17) is 13.9 Å². The molecule has 8 nitrogen and oxygen atoms in total. The normalized spacial score (nSPS) is 10.8. The lowest BCUT2D eigenvalue weighted by atomic mass is 10.2. The highest BCUT2D eigenvalue weighted by Gasteiger charge is 2.17. The van der Waals surface area contributed by atoms with Crippen molar-refractivity contribution < 1.29 is 18.7 Å². The zero-order chi connectivity index (χ0) is 19.8. The fourth-order valence-corrected chi connectivity index (χ4v) is 3.31. The molecule has 0 aliphatic heterocycles. The number of hydrogen-bond donors (Lipinski definition) is 1. The zero-order valence-electron chi connectivity index (χ0n) is 15.8. The van der Waals surface area contributed by atoms with Crippen LogP contribution >= 0.6 is 11.8 Å². The van der Waals surface area contributed by atoms with Gasteiger partial charge in [-0.2, -0.15) is 0 Å². The average molecular weight is 402 g/mol. The van der Waals surface area contributed by atoms with E-state index >= 15 is 0 Å². The standard InChI is InChI=1S/C19H22N4O4S/c1-25-10-8-20-17(24)13-28-19-22-21-18(14-5-3-6-15(11-14)26-2)23(19)12-16-7-4-9-27-16/h3-7,9,11H,8,10,12-13H2,1-2H3,(H,20,24). The molecule has 0 saturated carbocycles. The molecule has 28 heavy (non-hydrogen) atoms. The van der Waals surface area contributed by atoms with Gasteiger partial charge in [-0.25, -0.2) is 0 Å². The van der Waals surface area contributed by atoms with Gasteiger partial charge in [0, 0.05) is 19.2 Å². The first kappa shape index (κ1) is 20.0. The van der Waals surface area contributed by atoms with Gasteiger partial charge in [0.1, 0.15) is 11.5 Å². The van der Waals surface area contributed by atoms with Crippen LogP contribution in [-0.4, -0.2) is 53.8 Å². The Kier molecular flexibility index (Phi) is 7.10. The van der Waals surface area contributed by atoms with Gasteiger partial charge in [0.25, 0.3) is 0 Å². The summed E-state index contributed by atoms with van der Waals surface area (Å²) >= 11 is 1.32. The van der Waals surface area contributed by atoms with Crippen LogP contribution in [-0.2, 0) is 16.1 Å². The molecular formula is C19H22N4O4S. The Labute approximate surface area is 167 Å². The molecule has 3 rings (SSSR count). The zero-order valence-corrected chi connectivity index (χ0v) is 16.6. The maximum absolute atomic E-state index is 12.0. The van der Waals surface area contributed by atoms with Crippen molar-refractivity contribution in [1.82, 2.24) is 20.1 Å². The van der Waals surface area contributed by atoms with E-state index in [-0.39, 0.29) is 11.7 Å². The summed E-state index contributed by atoms with van der Waals surface area (Å²) in [5.41, 5.74) is 0.870. The number of nitrogens with one attached hydrogen (secondary N) is 1. The molecule has 0 saturated heterocycles. The van der Waals surface area contributed by atoms with Gasteiger partial charge in [0.15, 0.2) is 11.0 Å². The molecule has 2 aromatic heterocycles. The minimum atomic E-state index is -0.0856. The predicted octanol–water partition coefficient (Wildman–Crippen LogP) is 2.45. The molecule has 0 atom stereocenters. The predicted molar refractivity (Wildman–Crippen MR) is 105 cm³/mol. The van der Waals surface area contributed by atoms with Crippen LogP contribution in [0.3, 0.4) is 0 Å². The van der Waals surface area contributed by atoms with E-state index in [1.54, 1.807) is 20.5 Å². The lowest BCUT2D eigenvalue weighted by Gasteiger charge is -2.10. The Morgan fingerprint density at radius 2 is 2.14 bits per heavy atom. The molecule has 148 valence electrons. The van der Waals surface area contributed by atoms with Crippen LogP contribution in [0.25, 0.3) is 11.4 Å². The first-order valence-corrected chi connectivity index (χ1v) is 9.68. The van der Waals surface area contributed by atoms with Gasteiger partial charge in [-0.15, -0.1) is 10.2 Å². The fourth-order valence-electron chi connectivity index (χ4n) is 2.55. The van der Waals surface area contributed by atoms with Gasteiger partial charge in [-0.05, 0) is 24.3 Å². The summed E-state index contributed by atoms with van der Waals surface area (Å²) in [6.45, 7) is 1.41. The van der Waals surface area contributed by atoms with Gasteiger partial charge >= 0.3 is 0 Å². The molecule has 0 aliphatic carbocycles. The first-order chi connectivity index (χ1) is 13.7. The number of ether oxygens (including phenoxy) is 2. The van der Waals surface area contributed by atoms with E-state index < -0.39 is 0 Å². The summed E-state index contributed by atoms with van der Waals surface area (Å²) in [5, 5.41) is 12.1. The molecule has 2 heterocycles. The third-order valence-corrected chi connectivity index (χ3v) is 4.87. The molecule has 1 aromatic carbocycles. The van der Waals surface area contributed by atoms with Crippen molar-refractivity contribution in [3.05, 3.63) is 48.4 Å². The van der Waals surface area contributed by atoms with E-state index in [0.717, 1.165) is 17.1 Å². The average Bonchev–Trinajstić information content (AvgIpc) is 3.37. The van der Waals surface area contributed by atoms with Gasteiger partial charge in [0.05, 0.1) is 32.3 Å². The van der Waals surface area contributed by atoms with Crippen LogP contribution in [0.2, 0.25) is 0 Å². The van der Waals surface area contributed by atoms with Crippen LogP contribution in [0.1, 0.15) is 5.76 Å². The minimum Gasteiger partial charge on any atom is -0.497 e. The van der Waals surface area contributed by atoms with Crippen LogP contribution in [0.15, 0.2) is 52.2 Å². The summed E-state index contributed by atoms with van der Waals surface area (Å²) in [6.07, 6.45) is 1.63. The van der Waals surface area contributed by atoms with E-state index in [1.807, 2.05) is 41.0 Å². The number of nitrogens with zero attached hydrogens (tertiary/aromatic N) is 3. The molecular weight excluding hydrogens is 380 g/mol. The highest BCUT2D eigenvalue weighted by Crippen LogP contribution is 2.27. The lowest BCUT2D eigenvalue weighted by molar-refractivity contribution is -0.118. The third kappa shape index (κ3) is 5.14. The summed E-state index contributed by atoms with van der Waals surface area (Å²) in [6, 6.07) is 11.3. The van der Waals surface area contributed by atoms with Crippen molar-refractivity contribution in [2.24, 2.45) is 0 Å². The van der Waals surface area contributed by atoms with Crippen molar-refractivity contribution in [2.75, 3.05) is 33.1 Å². The molecule has 0 aliphatic rings. The first-order valence-electron chi connectivity index (χ1n) is 8.69. The fraction of sp³-hybridized carbons (Fsp3) is 0.316. The maximum atomic E-state index is 12.0. The lowest BCUT2D eigenvalue weighted by Crippen LogP contribution is -2.28. The third-order valence-electron chi connectivity index (χ3n) is 3.90. The molecule has 3 aromatic rings. The number of carbonyl (C=O) groups excluding carboxylic acids is 1. The Bertz CT molecular complexity index is 895. The maximum Gasteiger partial charge on any atom is 0.230 e. The largest absolute Gasteiger partial charge is 0.497 e. The number of furan rings is 1. The highest BCUT2D eigenvalue weighted by molar-refractivity contribution is 7.99. The summed E-state index contributed by atoms with van der Waals surface area (Å²) in [7, 11) is 3.22. The molecule has 1 N–H and O–H groups in total. The van der Waals surface area contributed by atoms with E-state index in [2.05, 4.69) is 15.5 Å². The second kappa shape index (κ2) is 9.95. The van der Waals surface area contributed by atoms with Gasteiger partial charge < -0.3 is 19.2 Å². The number of rotatable bonds is 10. The van der Waals surface area contributed by atoms with Crippen molar-refractivity contribution in [3.8, 4) is 17.1 Å². The second-order valence-electron chi connectivity index (χ2n) is 5.84. The van der Waals surface area contributed by atoms with Crippen molar-refractivity contribution >= 4 is 17.7 Å². The number of benzene rings is 1. The SMILES string of the molecule is COCCNC(=O)CSc1nnc(-c2cccc(OC)c2)n1Cc1ccco1. The number of aromatic nitrogens is 3. The van der Waals surface area contributed by atoms with Crippen molar-refractivity contribution in [2.45, 2.75) is 11.7 Å². The number of thioether (sulfide) groups is 1. The van der Waals surface area contributed by atoms with Gasteiger partial charge in [-0.3, -0.25) is 9.36 Å². The minimum absolute atomic E-state index is 0.0856. The molecule has 1 amide bonds. The summed E-state index contributed by atoms with van der Waals surface area (Å²) < 4.78 is 17.7. The quantitative estimate of drug-likeness (QED) is 0.411. The molecule has 0 spiro atoms. The van der Waals surface area contributed by atoms with Gasteiger partial charge in [-0.1, -0.05) is 23.9 Å². The number of methoxy groups -OCH3 is 2. The van der Waals surface area contributed by atoms with Crippen molar-refractivity contribution in [3.63, 3.8) is 0 Å². The topological polar surface area (TPSA) is 91.4 Å². The monoisotopic (exact) mass is 402 g/mol. The van der Waals surface area contributed by atoms with E-state index in [9.17, 15) is 4.79 Å². The second-order valence-corrected chi connectivity index (χ2v) is 6.78. The molecule has 0 bridgehead atoms.